The van der Waals surface area contributed by atoms with Gasteiger partial charge in [0.1, 0.15) is 5.75 Å². The minimum atomic E-state index is -4.47. The highest BCUT2D eigenvalue weighted by atomic mass is 19.4. The number of anilines is 1. The molecule has 0 atom stereocenters. The smallest absolute Gasteiger partial charge is 0.422 e. The Hall–Kier alpha value is -2.83. The van der Waals surface area contributed by atoms with Crippen molar-refractivity contribution < 1.29 is 27.5 Å². The number of hydrogen-bond donors (Lipinski definition) is 0. The van der Waals surface area contributed by atoms with Crippen molar-refractivity contribution in [2.24, 2.45) is 0 Å². The van der Waals surface area contributed by atoms with Crippen molar-refractivity contribution in [3.63, 3.8) is 0 Å². The van der Waals surface area contributed by atoms with Crippen molar-refractivity contribution >= 4 is 17.5 Å². The van der Waals surface area contributed by atoms with Crippen LogP contribution in [0.1, 0.15) is 20.7 Å². The number of rotatable bonds is 3. The lowest BCUT2D eigenvalue weighted by atomic mass is 10.1. The van der Waals surface area contributed by atoms with E-state index in [2.05, 4.69) is 4.74 Å². The van der Waals surface area contributed by atoms with E-state index in [4.69, 9.17) is 0 Å². The van der Waals surface area contributed by atoms with E-state index < -0.39 is 24.6 Å². The first-order valence-corrected chi connectivity index (χ1v) is 6.64. The lowest BCUT2D eigenvalue weighted by Crippen LogP contribution is -2.29. The van der Waals surface area contributed by atoms with Crippen molar-refractivity contribution in [2.45, 2.75) is 6.18 Å². The fourth-order valence-corrected chi connectivity index (χ4v) is 2.30. The molecule has 0 radical (unpaired) electrons. The average Bonchev–Trinajstić information content (AvgIpc) is 2.77. The van der Waals surface area contributed by atoms with Crippen LogP contribution in [-0.4, -0.2) is 24.6 Å². The summed E-state index contributed by atoms with van der Waals surface area (Å²) in [6.45, 7) is -1.45. The van der Waals surface area contributed by atoms with Crippen molar-refractivity contribution in [1.29, 1.82) is 0 Å². The third-order valence-corrected chi connectivity index (χ3v) is 3.27. The van der Waals surface area contributed by atoms with Crippen LogP contribution in [0.4, 0.5) is 18.9 Å². The summed E-state index contributed by atoms with van der Waals surface area (Å²) in [5, 5.41) is 0. The summed E-state index contributed by atoms with van der Waals surface area (Å²) < 4.78 is 41.3. The van der Waals surface area contributed by atoms with Gasteiger partial charge in [-0.05, 0) is 24.3 Å². The van der Waals surface area contributed by atoms with E-state index in [0.29, 0.717) is 0 Å². The van der Waals surface area contributed by atoms with Crippen LogP contribution in [0.15, 0.2) is 48.5 Å². The number of carbonyl (C=O) groups excluding carboxylic acids is 2. The van der Waals surface area contributed by atoms with Crippen LogP contribution >= 0.6 is 0 Å². The van der Waals surface area contributed by atoms with Crippen LogP contribution in [0.25, 0.3) is 0 Å². The zero-order chi connectivity index (χ0) is 16.6. The molecule has 3 rings (SSSR count). The molecule has 1 heterocycles. The summed E-state index contributed by atoms with van der Waals surface area (Å²) in [6, 6.07) is 11.8. The molecule has 1 aliphatic rings. The number of ether oxygens (including phenoxy) is 1. The maximum absolute atomic E-state index is 12.3. The molecule has 118 valence electrons. The van der Waals surface area contributed by atoms with Crippen molar-refractivity contribution in [3.8, 4) is 5.75 Å². The van der Waals surface area contributed by atoms with Gasteiger partial charge in [0.2, 0.25) is 0 Å². The maximum atomic E-state index is 12.3. The van der Waals surface area contributed by atoms with E-state index in [0.717, 1.165) is 4.90 Å². The van der Waals surface area contributed by atoms with E-state index >= 15 is 0 Å². The molecule has 0 saturated carbocycles. The van der Waals surface area contributed by atoms with Crippen molar-refractivity contribution in [1.82, 2.24) is 0 Å². The van der Waals surface area contributed by atoms with Gasteiger partial charge in [-0.2, -0.15) is 13.2 Å². The Labute approximate surface area is 129 Å². The van der Waals surface area contributed by atoms with Crippen molar-refractivity contribution in [3.05, 3.63) is 59.7 Å². The Bertz CT molecular complexity index is 751. The van der Waals surface area contributed by atoms with Gasteiger partial charge in [-0.3, -0.25) is 9.59 Å². The van der Waals surface area contributed by atoms with Gasteiger partial charge in [0, 0.05) is 6.07 Å². The maximum Gasteiger partial charge on any atom is 0.422 e. The molecule has 0 bridgehead atoms. The van der Waals surface area contributed by atoms with Gasteiger partial charge in [-0.1, -0.05) is 18.2 Å². The predicted molar refractivity (Wildman–Crippen MR) is 75.6 cm³/mol. The number of fused-ring (bicyclic) bond motifs is 1. The van der Waals surface area contributed by atoms with Gasteiger partial charge >= 0.3 is 6.18 Å². The second-order valence-corrected chi connectivity index (χ2v) is 4.89. The lowest BCUT2D eigenvalue weighted by molar-refractivity contribution is -0.153. The normalized spacial score (nSPS) is 14.1. The number of benzene rings is 2. The van der Waals surface area contributed by atoms with Crippen LogP contribution in [0.5, 0.6) is 5.75 Å². The van der Waals surface area contributed by atoms with Gasteiger partial charge in [-0.15, -0.1) is 0 Å². The van der Waals surface area contributed by atoms with Gasteiger partial charge in [-0.25, -0.2) is 4.90 Å². The highest BCUT2D eigenvalue weighted by molar-refractivity contribution is 6.34. The minimum absolute atomic E-state index is 0.0728. The third kappa shape index (κ3) is 2.90. The SMILES string of the molecule is O=C1c2ccccc2C(=O)N1c1cccc(OCC(F)(F)F)c1. The van der Waals surface area contributed by atoms with Crippen LogP contribution < -0.4 is 9.64 Å². The minimum Gasteiger partial charge on any atom is -0.484 e. The Morgan fingerprint density at radius 3 is 2.09 bits per heavy atom. The molecule has 0 N–H and O–H groups in total. The van der Waals surface area contributed by atoms with Gasteiger partial charge in [0.15, 0.2) is 6.61 Å². The second kappa shape index (κ2) is 5.42. The van der Waals surface area contributed by atoms with Crippen LogP contribution in [0, 0.1) is 0 Å². The molecule has 7 heteroatoms. The van der Waals surface area contributed by atoms with Gasteiger partial charge in [0.25, 0.3) is 11.8 Å². The molecule has 4 nitrogen and oxygen atoms in total. The number of amides is 2. The molecule has 2 aromatic rings. The Kier molecular flexibility index (Phi) is 3.55. The summed E-state index contributed by atoms with van der Waals surface area (Å²) in [4.78, 5) is 25.6. The Morgan fingerprint density at radius 1 is 0.913 bits per heavy atom. The van der Waals surface area contributed by atoms with Crippen LogP contribution in [0.3, 0.4) is 0 Å². The molecule has 2 aromatic carbocycles. The number of carbonyl (C=O) groups is 2. The zero-order valence-electron chi connectivity index (χ0n) is 11.6. The predicted octanol–water partition coefficient (Wildman–Crippen LogP) is 3.43. The first-order valence-electron chi connectivity index (χ1n) is 6.64. The average molecular weight is 321 g/mol. The summed E-state index contributed by atoms with van der Waals surface area (Å²) >= 11 is 0. The standard InChI is InChI=1S/C16H10F3NO3/c17-16(18,19)9-23-11-5-3-4-10(8-11)20-14(21)12-6-1-2-7-13(12)15(20)22/h1-8H,9H2. The van der Waals surface area contributed by atoms with E-state index in [9.17, 15) is 22.8 Å². The summed E-state index contributed by atoms with van der Waals surface area (Å²) in [5.41, 5.74) is 0.689. The Balaban J connectivity index is 1.89. The lowest BCUT2D eigenvalue weighted by Gasteiger charge is -2.15. The molecule has 2 amide bonds. The van der Waals surface area contributed by atoms with E-state index in [1.807, 2.05) is 0 Å². The van der Waals surface area contributed by atoms with Crippen molar-refractivity contribution in [2.75, 3.05) is 11.5 Å². The second-order valence-electron chi connectivity index (χ2n) is 4.89. The molecule has 0 spiro atoms. The molecule has 0 unspecified atom stereocenters. The number of hydrogen-bond acceptors (Lipinski definition) is 3. The third-order valence-electron chi connectivity index (χ3n) is 3.27. The van der Waals surface area contributed by atoms with Crippen LogP contribution in [0.2, 0.25) is 0 Å². The number of nitrogens with zero attached hydrogens (tertiary/aromatic N) is 1. The Morgan fingerprint density at radius 2 is 1.52 bits per heavy atom. The summed E-state index contributed by atoms with van der Waals surface area (Å²) in [7, 11) is 0. The highest BCUT2D eigenvalue weighted by Gasteiger charge is 2.36. The first-order chi connectivity index (χ1) is 10.9. The monoisotopic (exact) mass is 321 g/mol. The highest BCUT2D eigenvalue weighted by Crippen LogP contribution is 2.30. The van der Waals surface area contributed by atoms with E-state index in [-0.39, 0.29) is 22.6 Å². The van der Waals surface area contributed by atoms with Crippen LogP contribution in [-0.2, 0) is 0 Å². The quantitative estimate of drug-likeness (QED) is 0.814. The number of imide groups is 1. The molecule has 0 aromatic heterocycles. The van der Waals surface area contributed by atoms with E-state index in [1.54, 1.807) is 12.1 Å². The first kappa shape index (κ1) is 15.1. The molecule has 0 saturated heterocycles. The molecule has 23 heavy (non-hydrogen) atoms. The topological polar surface area (TPSA) is 46.6 Å². The molecule has 1 aliphatic heterocycles. The molecule has 0 fully saturated rings. The van der Waals surface area contributed by atoms with E-state index in [1.165, 1.54) is 36.4 Å². The zero-order valence-corrected chi connectivity index (χ0v) is 11.6. The largest absolute Gasteiger partial charge is 0.484 e. The summed E-state index contributed by atoms with van der Waals surface area (Å²) in [6.07, 6.45) is -4.47. The fourth-order valence-electron chi connectivity index (χ4n) is 2.30. The number of alkyl halides is 3. The van der Waals surface area contributed by atoms with Gasteiger partial charge in [0.05, 0.1) is 16.8 Å². The fraction of sp³-hybridized carbons (Fsp3) is 0.125. The van der Waals surface area contributed by atoms with Gasteiger partial charge < -0.3 is 4.74 Å². The molecule has 0 aliphatic carbocycles. The molecular formula is C16H10F3NO3. The molecular weight excluding hydrogens is 311 g/mol. The number of halogens is 3. The summed E-state index contributed by atoms with van der Waals surface area (Å²) in [5.74, 6) is -1.10.